The van der Waals surface area contributed by atoms with Gasteiger partial charge in [-0.2, -0.15) is 0 Å². The van der Waals surface area contributed by atoms with Gasteiger partial charge in [0, 0.05) is 14.3 Å². The zero-order chi connectivity index (χ0) is 11.5. The van der Waals surface area contributed by atoms with Crippen LogP contribution < -0.4 is 0 Å². The molecule has 0 unspecified atom stereocenters. The highest BCUT2D eigenvalue weighted by atomic mass is 79.9. The van der Waals surface area contributed by atoms with E-state index in [4.69, 9.17) is 11.6 Å². The van der Waals surface area contributed by atoms with Crippen molar-refractivity contribution < 1.29 is 5.11 Å². The Balaban J connectivity index is 2.23. The highest BCUT2D eigenvalue weighted by Crippen LogP contribution is 2.35. The van der Waals surface area contributed by atoms with E-state index in [1.807, 2.05) is 30.3 Å². The minimum atomic E-state index is 0.270. The smallest absolute Gasteiger partial charge is 0.115 e. The van der Waals surface area contributed by atoms with Crippen LogP contribution in [0, 0.1) is 0 Å². The molecule has 2 aromatic carbocycles. The highest BCUT2D eigenvalue weighted by Gasteiger charge is 2.03. The van der Waals surface area contributed by atoms with Gasteiger partial charge in [0.1, 0.15) is 5.75 Å². The largest absolute Gasteiger partial charge is 0.508 e. The Morgan fingerprint density at radius 2 is 1.75 bits per heavy atom. The Morgan fingerprint density at radius 1 is 1.06 bits per heavy atom. The van der Waals surface area contributed by atoms with Gasteiger partial charge in [-0.1, -0.05) is 39.3 Å². The first-order valence-corrected chi connectivity index (χ1v) is 6.56. The van der Waals surface area contributed by atoms with Crippen molar-refractivity contribution in [1.82, 2.24) is 0 Å². The van der Waals surface area contributed by atoms with Gasteiger partial charge in [-0.3, -0.25) is 0 Å². The zero-order valence-corrected chi connectivity index (χ0v) is 11.3. The molecule has 16 heavy (non-hydrogen) atoms. The first-order valence-electron chi connectivity index (χ1n) is 4.57. The summed E-state index contributed by atoms with van der Waals surface area (Å²) in [6.07, 6.45) is 0. The summed E-state index contributed by atoms with van der Waals surface area (Å²) < 4.78 is 0.965. The van der Waals surface area contributed by atoms with E-state index in [0.29, 0.717) is 5.02 Å². The fourth-order valence-electron chi connectivity index (χ4n) is 1.20. The van der Waals surface area contributed by atoms with Gasteiger partial charge in [0.05, 0.1) is 5.02 Å². The van der Waals surface area contributed by atoms with E-state index in [-0.39, 0.29) is 5.75 Å². The maximum absolute atomic E-state index is 9.17. The lowest BCUT2D eigenvalue weighted by Crippen LogP contribution is -1.76. The number of aromatic hydroxyl groups is 1. The van der Waals surface area contributed by atoms with E-state index >= 15 is 0 Å². The van der Waals surface area contributed by atoms with Crippen LogP contribution in [0.5, 0.6) is 5.75 Å². The Bertz CT molecular complexity index is 499. The molecule has 0 aliphatic heterocycles. The first-order chi connectivity index (χ1) is 7.65. The summed E-state index contributed by atoms with van der Waals surface area (Å²) in [6.45, 7) is 0. The van der Waals surface area contributed by atoms with Crippen molar-refractivity contribution in [2.45, 2.75) is 9.79 Å². The Kier molecular flexibility index (Phi) is 3.79. The van der Waals surface area contributed by atoms with Crippen molar-refractivity contribution in [3.05, 3.63) is 52.0 Å². The molecule has 4 heteroatoms. The number of benzene rings is 2. The number of hydrogen-bond donors (Lipinski definition) is 1. The predicted molar refractivity (Wildman–Crippen MR) is 71.4 cm³/mol. The van der Waals surface area contributed by atoms with Gasteiger partial charge in [-0.25, -0.2) is 0 Å². The fourth-order valence-corrected chi connectivity index (χ4v) is 2.81. The van der Waals surface area contributed by atoms with Crippen LogP contribution in [0.1, 0.15) is 0 Å². The second-order valence-electron chi connectivity index (χ2n) is 3.17. The molecule has 1 nitrogen and oxygen atoms in total. The van der Waals surface area contributed by atoms with Crippen LogP contribution in [0.2, 0.25) is 5.02 Å². The molecular formula is C12H8BrClOS. The molecule has 2 aromatic rings. The van der Waals surface area contributed by atoms with Crippen molar-refractivity contribution in [3.63, 3.8) is 0 Å². The minimum Gasteiger partial charge on any atom is -0.508 e. The Labute approximate surface area is 112 Å². The van der Waals surface area contributed by atoms with Gasteiger partial charge < -0.3 is 5.11 Å². The van der Waals surface area contributed by atoms with E-state index < -0.39 is 0 Å². The number of phenolic OH excluding ortho intramolecular Hbond substituents is 1. The van der Waals surface area contributed by atoms with Gasteiger partial charge in [0.2, 0.25) is 0 Å². The third-order valence-corrected chi connectivity index (χ3v) is 3.96. The molecule has 0 spiro atoms. The molecule has 0 saturated heterocycles. The quantitative estimate of drug-likeness (QED) is 0.845. The molecule has 82 valence electrons. The van der Waals surface area contributed by atoms with Crippen molar-refractivity contribution in [2.75, 3.05) is 0 Å². The number of hydrogen-bond acceptors (Lipinski definition) is 2. The van der Waals surface area contributed by atoms with E-state index in [2.05, 4.69) is 15.9 Å². The third kappa shape index (κ3) is 2.94. The van der Waals surface area contributed by atoms with Crippen LogP contribution in [0.25, 0.3) is 0 Å². The van der Waals surface area contributed by atoms with Gasteiger partial charge in [0.25, 0.3) is 0 Å². The normalized spacial score (nSPS) is 10.4. The fraction of sp³-hybridized carbons (Fsp3) is 0. The molecule has 0 atom stereocenters. The van der Waals surface area contributed by atoms with E-state index in [1.54, 1.807) is 23.9 Å². The summed E-state index contributed by atoms with van der Waals surface area (Å²) >= 11 is 11.0. The molecular weight excluding hydrogens is 308 g/mol. The van der Waals surface area contributed by atoms with Gasteiger partial charge in [-0.15, -0.1) is 0 Å². The molecule has 0 amide bonds. The van der Waals surface area contributed by atoms with E-state index in [1.165, 1.54) is 0 Å². The molecule has 0 heterocycles. The standard InChI is InChI=1S/C12H8BrClOS/c13-8-1-6-12(11(14)7-8)16-10-4-2-9(15)3-5-10/h1-7,15H. The zero-order valence-electron chi connectivity index (χ0n) is 8.15. The Morgan fingerprint density at radius 3 is 2.38 bits per heavy atom. The second-order valence-corrected chi connectivity index (χ2v) is 5.61. The SMILES string of the molecule is Oc1ccc(Sc2ccc(Br)cc2Cl)cc1. The summed E-state index contributed by atoms with van der Waals surface area (Å²) in [5.41, 5.74) is 0. The van der Waals surface area contributed by atoms with Crippen LogP contribution in [0.15, 0.2) is 56.7 Å². The number of halogens is 2. The van der Waals surface area contributed by atoms with E-state index in [9.17, 15) is 5.11 Å². The van der Waals surface area contributed by atoms with Crippen LogP contribution >= 0.6 is 39.3 Å². The molecule has 0 aromatic heterocycles. The maximum Gasteiger partial charge on any atom is 0.115 e. The van der Waals surface area contributed by atoms with Crippen molar-refractivity contribution >= 4 is 39.3 Å². The topological polar surface area (TPSA) is 20.2 Å². The van der Waals surface area contributed by atoms with E-state index in [0.717, 1.165) is 14.3 Å². The minimum absolute atomic E-state index is 0.270. The summed E-state index contributed by atoms with van der Waals surface area (Å²) in [6, 6.07) is 12.8. The van der Waals surface area contributed by atoms with Crippen LogP contribution in [-0.4, -0.2) is 5.11 Å². The lowest BCUT2D eigenvalue weighted by atomic mass is 10.3. The number of phenols is 1. The molecule has 0 radical (unpaired) electrons. The van der Waals surface area contributed by atoms with Crippen molar-refractivity contribution in [3.8, 4) is 5.75 Å². The average molecular weight is 316 g/mol. The molecule has 0 fully saturated rings. The monoisotopic (exact) mass is 314 g/mol. The summed E-state index contributed by atoms with van der Waals surface area (Å²) in [5, 5.41) is 9.89. The van der Waals surface area contributed by atoms with Crippen LogP contribution in [0.3, 0.4) is 0 Å². The van der Waals surface area contributed by atoms with Gasteiger partial charge in [-0.05, 0) is 42.5 Å². The van der Waals surface area contributed by atoms with Gasteiger partial charge in [0.15, 0.2) is 0 Å². The Hall–Kier alpha value is -0.640. The predicted octanol–water partition coefficient (Wildman–Crippen LogP) is 4.96. The molecule has 1 N–H and O–H groups in total. The highest BCUT2D eigenvalue weighted by molar-refractivity contribution is 9.10. The molecule has 0 aliphatic carbocycles. The summed E-state index contributed by atoms with van der Waals surface area (Å²) in [7, 11) is 0. The lowest BCUT2D eigenvalue weighted by molar-refractivity contribution is 0.475. The molecule has 2 rings (SSSR count). The van der Waals surface area contributed by atoms with Crippen LogP contribution in [0.4, 0.5) is 0 Å². The third-order valence-electron chi connectivity index (χ3n) is 1.96. The number of rotatable bonds is 2. The lowest BCUT2D eigenvalue weighted by Gasteiger charge is -2.04. The summed E-state index contributed by atoms with van der Waals surface area (Å²) in [4.78, 5) is 2.04. The van der Waals surface area contributed by atoms with Crippen molar-refractivity contribution in [1.29, 1.82) is 0 Å². The second kappa shape index (κ2) is 5.13. The average Bonchev–Trinajstić information content (AvgIpc) is 2.25. The molecule has 0 bridgehead atoms. The van der Waals surface area contributed by atoms with Crippen LogP contribution in [-0.2, 0) is 0 Å². The maximum atomic E-state index is 9.17. The molecule has 0 saturated carbocycles. The summed E-state index contributed by atoms with van der Waals surface area (Å²) in [5.74, 6) is 0.270. The van der Waals surface area contributed by atoms with Gasteiger partial charge >= 0.3 is 0 Å². The molecule has 0 aliphatic rings. The van der Waals surface area contributed by atoms with Crippen molar-refractivity contribution in [2.24, 2.45) is 0 Å². The first kappa shape index (κ1) is 11.8.